The monoisotopic (exact) mass is 1890 g/mol. The molecule has 2 fully saturated rings. The van der Waals surface area contributed by atoms with E-state index in [0.717, 1.165) is 80.6 Å². The van der Waals surface area contributed by atoms with E-state index < -0.39 is 281 Å². The van der Waals surface area contributed by atoms with E-state index in [4.69, 9.17) is 62.1 Å². The van der Waals surface area contributed by atoms with Crippen LogP contribution in [0.15, 0.2) is 72.8 Å². The fraction of sp³-hybridized carbons (Fsp3) is 0.581. The van der Waals surface area contributed by atoms with E-state index in [-0.39, 0.29) is 89.8 Å². The minimum Gasteiger partial charge on any atom is -0.507 e. The van der Waals surface area contributed by atoms with E-state index in [0.29, 0.717) is 13.0 Å². The molecular formula is C93H125Cl2N7O30. The third kappa shape index (κ3) is 26.0. The van der Waals surface area contributed by atoms with Gasteiger partial charge in [-0.05, 0) is 142 Å². The van der Waals surface area contributed by atoms with Gasteiger partial charge in [-0.25, -0.2) is 0 Å². The van der Waals surface area contributed by atoms with E-state index in [1.807, 2.05) is 13.8 Å². The van der Waals surface area contributed by atoms with Crippen molar-refractivity contribution in [1.29, 1.82) is 0 Å². The zero-order valence-electron chi connectivity index (χ0n) is 74.5. The number of hydrogen-bond acceptors (Lipinski definition) is 32. The number of halogens is 2. The predicted octanol–water partition coefficient (Wildman–Crippen LogP) is 5.77. The summed E-state index contributed by atoms with van der Waals surface area (Å²) in [5, 5.41) is 175. The molecule has 39 heteroatoms. The van der Waals surface area contributed by atoms with Crippen LogP contribution in [-0.4, -0.2) is 242 Å². The molecule has 2 saturated heterocycles. The standard InChI is InChI=1S/C93H125Cl2N7O30/c1-7-9-10-11-12-13-14-15-16-17-19-29-98-93(6)40-71(127-46(5)86(93)121)131-85-83(120)81(118)69(43-104)130-92(85)132-84-67-35-51-36-68(84)129-66-27-24-50(33-58(66)95)77(114)75-90(125)102-91(126-44-105)55-39-61(108)56(41-97-28-20-18-21-60(107)79(116)82(119)80(117)64(111)42-103)78(115)72(55)54-31-48(22-25-59(54)106)53(89(124)101-75)38-63(110)73(51)99-88(123)52(37-70(96)112)34-62(109)74(100-87(122)47(8-2)30-45(3)4)76(113)49-23-26-65(128-67)57(94)32-49/h22-27,31-33,35-36,39,44-47,52-53,64,69,71,73-77,79-83,85-86,91-92,97-98,103-104,106,108,111,113-121H,7-21,28-30,34,37-38,40-43H2,1-6H3,(H2,96,112)(H,99,123)(H,100,122)(H,101,124)(H,102,125)/t46-,47+,52-,53+,64+,69+,71-,73+,74-,75-,76+,77+,79-,80+,81?,82+,83?,85+,86+,91+,92-,93?/m0/s1. The molecule has 0 saturated carbocycles. The zero-order chi connectivity index (χ0) is 96.3. The number of phenols is 3. The molecule has 7 aliphatic heterocycles. The number of Topliss-reactive ketones (excluding diaryl/α,β-unsaturated/α-hetero) is 3. The van der Waals surface area contributed by atoms with Crippen LogP contribution in [-0.2, 0) is 68.6 Å². The van der Waals surface area contributed by atoms with Crippen molar-refractivity contribution in [1.82, 2.24) is 31.9 Å². The van der Waals surface area contributed by atoms with Gasteiger partial charge in [0.1, 0.15) is 102 Å². The van der Waals surface area contributed by atoms with Crippen molar-refractivity contribution < 1.29 is 148 Å². The Kier molecular flexibility index (Phi) is 38.3. The molecule has 0 aromatic heterocycles. The first kappa shape index (κ1) is 105. The van der Waals surface area contributed by atoms with Crippen LogP contribution in [0.5, 0.6) is 46.0 Å². The Morgan fingerprint density at radius 1 is 0.682 bits per heavy atom. The fourth-order valence-corrected chi connectivity index (χ4v) is 17.8. The van der Waals surface area contributed by atoms with E-state index in [9.17, 15) is 90.7 Å². The van der Waals surface area contributed by atoms with Crippen LogP contribution in [0.1, 0.15) is 234 Å². The van der Waals surface area contributed by atoms with Crippen molar-refractivity contribution >= 4 is 76.6 Å². The molecule has 3 unspecified atom stereocenters. The highest BCUT2D eigenvalue weighted by atomic mass is 35.5. The summed E-state index contributed by atoms with van der Waals surface area (Å²) < 4.78 is 45.3. The minimum atomic E-state index is -2.26. The average Bonchev–Trinajstić information content (AvgIpc) is 0.761. The van der Waals surface area contributed by atoms with Crippen LogP contribution in [0.25, 0.3) is 11.1 Å². The second-order valence-corrected chi connectivity index (χ2v) is 36.1. The molecule has 7 aliphatic rings. The summed E-state index contributed by atoms with van der Waals surface area (Å²) >= 11 is 14.5. The molecule has 5 amide bonds. The second kappa shape index (κ2) is 48.2. The molecule has 22 atom stereocenters. The topological polar surface area (TPSA) is 600 Å². The van der Waals surface area contributed by atoms with E-state index in [1.165, 1.54) is 62.8 Å². The number of ketones is 3. The SMILES string of the molecule is CCCCCCCCCCCCCNC1(C)C[C@H](O[C@@H]2C(O)C(O)[C@@H](CO)O[C@H]2Oc2c3cc4cc2Oc2ccc(cc2Cl)[C@@H](O)[C@@H](NC(=O)[C@H](CC)CC(C)C)C(=O)C[C@@H](CC(N)=O)C(=O)N[C@H]4C(=O)C[C@H]2C(=O)N[C@H](C(=O)N[C@H](OC=O)c4cc(O)c(CNCCCCC(=O)[C@H](O)[C@@H](O)[C@H](O)[C@H](O)CO)c(O)c4-c4cc2ccc4O)[C@H](O)c2ccc(c(Cl)c2)O3)O[C@@H](C)[C@H]1O. The number of nitrogens with one attached hydrogen (secondary N) is 6. The quantitative estimate of drug-likeness (QED) is 0.0164. The highest BCUT2D eigenvalue weighted by Gasteiger charge is 2.53. The van der Waals surface area contributed by atoms with Crippen LogP contribution in [0.4, 0.5) is 0 Å². The Balaban J connectivity index is 1.13. The second-order valence-electron chi connectivity index (χ2n) is 35.3. The van der Waals surface area contributed by atoms with Crippen molar-refractivity contribution in [3.8, 4) is 57.1 Å². The normalized spacial score (nSPS) is 26.4. The van der Waals surface area contributed by atoms with E-state index in [1.54, 1.807) is 20.8 Å². The van der Waals surface area contributed by atoms with Crippen molar-refractivity contribution in [2.45, 2.75) is 298 Å². The Morgan fingerprint density at radius 2 is 1.30 bits per heavy atom. The van der Waals surface area contributed by atoms with Crippen LogP contribution in [0.2, 0.25) is 10.0 Å². The summed E-state index contributed by atoms with van der Waals surface area (Å²) in [6.45, 7) is 9.00. The van der Waals surface area contributed by atoms with E-state index in [2.05, 4.69) is 38.8 Å². The van der Waals surface area contributed by atoms with Gasteiger partial charge >= 0.3 is 0 Å². The Labute approximate surface area is 773 Å². The highest BCUT2D eigenvalue weighted by molar-refractivity contribution is 6.32. The average molecular weight is 1890 g/mol. The van der Waals surface area contributed by atoms with Gasteiger partial charge < -0.3 is 142 Å². The van der Waals surface area contributed by atoms with Crippen LogP contribution < -0.4 is 51.8 Å². The number of ether oxygens (including phenoxy) is 7. The van der Waals surface area contributed by atoms with Crippen LogP contribution in [0, 0.1) is 17.8 Å². The first-order valence-corrected chi connectivity index (χ1v) is 45.7. The lowest BCUT2D eigenvalue weighted by atomic mass is 9.84. The lowest BCUT2D eigenvalue weighted by molar-refractivity contribution is -0.334. The molecule has 7 heterocycles. The number of primary amides is 1. The minimum absolute atomic E-state index is 0.00446. The van der Waals surface area contributed by atoms with E-state index >= 15 is 24.0 Å². The summed E-state index contributed by atoms with van der Waals surface area (Å²) in [7, 11) is 0. The van der Waals surface area contributed by atoms with Crippen LogP contribution in [0.3, 0.4) is 0 Å². The molecule has 0 radical (unpaired) electrons. The number of unbranched alkanes of at least 4 members (excludes halogenated alkanes) is 11. The number of rotatable bonds is 39. The summed E-state index contributed by atoms with van der Waals surface area (Å²) in [6, 6.07) is 7.18. The molecule has 11 bridgehead atoms. The lowest BCUT2D eigenvalue weighted by Gasteiger charge is -2.48. The Morgan fingerprint density at radius 3 is 1.90 bits per heavy atom. The first-order chi connectivity index (χ1) is 62.8. The van der Waals surface area contributed by atoms with Gasteiger partial charge in [-0.1, -0.05) is 133 Å². The molecular weight excluding hydrogens is 1770 g/mol. The first-order valence-electron chi connectivity index (χ1n) is 45.0. The molecule has 37 nitrogen and oxygen atoms in total. The third-order valence-corrected chi connectivity index (χ3v) is 25.6. The van der Waals surface area contributed by atoms with Gasteiger partial charge in [0.2, 0.25) is 47.8 Å². The number of benzene rings is 5. The maximum atomic E-state index is 16.6. The molecule has 0 spiro atoms. The number of hydrogen-bond donors (Lipinski definition) is 21. The largest absolute Gasteiger partial charge is 0.507 e. The number of fused-ring (bicyclic) bond motifs is 15. The number of aliphatic hydroxyl groups is 11. The van der Waals surface area contributed by atoms with Crippen molar-refractivity contribution in [2.75, 3.05) is 26.3 Å². The third-order valence-electron chi connectivity index (χ3n) is 25.0. The number of carbonyl (C=O) groups is 9. The van der Waals surface area contributed by atoms with Crippen molar-refractivity contribution in [3.05, 3.63) is 116 Å². The predicted molar refractivity (Wildman–Crippen MR) is 474 cm³/mol. The molecule has 22 N–H and O–H groups in total. The lowest BCUT2D eigenvalue weighted by Crippen LogP contribution is -2.65. The summed E-state index contributed by atoms with van der Waals surface area (Å²) in [6.07, 6.45) is -18.3. The Hall–Kier alpha value is -9.33. The highest BCUT2D eigenvalue weighted by Crippen LogP contribution is 2.52. The van der Waals surface area contributed by atoms with Gasteiger partial charge in [-0.2, -0.15) is 0 Å². The number of phenolic OH excluding ortho intramolecular Hbond substituents is 3. The van der Waals surface area contributed by atoms with Gasteiger partial charge in [-0.3, -0.25) is 43.2 Å². The molecule has 5 aromatic rings. The van der Waals surface area contributed by atoms with Gasteiger partial charge in [0, 0.05) is 66.8 Å². The van der Waals surface area contributed by atoms with Crippen molar-refractivity contribution in [2.24, 2.45) is 23.5 Å². The van der Waals surface area contributed by atoms with Crippen molar-refractivity contribution in [3.63, 3.8) is 0 Å². The van der Waals surface area contributed by atoms with Gasteiger partial charge in [0.15, 0.2) is 41.2 Å². The maximum Gasteiger partial charge on any atom is 0.295 e. The summed E-state index contributed by atoms with van der Waals surface area (Å²) in [5.41, 5.74) is 1.99. The fourth-order valence-electron chi connectivity index (χ4n) is 17.3. The number of amides is 5. The van der Waals surface area contributed by atoms with Crippen LogP contribution >= 0.6 is 23.2 Å². The van der Waals surface area contributed by atoms with Gasteiger partial charge in [0.05, 0.1) is 52.9 Å². The number of aliphatic hydroxyl groups excluding tert-OH is 11. The molecule has 0 aliphatic carbocycles. The zero-order valence-corrected chi connectivity index (χ0v) is 76.0. The molecule has 132 heavy (non-hydrogen) atoms. The summed E-state index contributed by atoms with van der Waals surface area (Å²) in [5.74, 6) is -18.5. The maximum absolute atomic E-state index is 16.6. The molecule has 12 rings (SSSR count). The summed E-state index contributed by atoms with van der Waals surface area (Å²) in [4.78, 5) is 132. The molecule has 726 valence electrons. The smallest absolute Gasteiger partial charge is 0.295 e. The Bertz CT molecular complexity index is 4840. The van der Waals surface area contributed by atoms with Gasteiger partial charge in [0.25, 0.3) is 6.47 Å². The number of aromatic hydroxyl groups is 3. The number of nitrogens with two attached hydrogens (primary N) is 1. The van der Waals surface area contributed by atoms with Gasteiger partial charge in [-0.15, -0.1) is 0 Å². The molecule has 5 aromatic carbocycles. The number of carbonyl (C=O) groups excluding carboxylic acids is 9.